The molecule has 0 saturated heterocycles. The van der Waals surface area contributed by atoms with Crippen molar-refractivity contribution >= 4 is 23.2 Å². The predicted molar refractivity (Wildman–Crippen MR) is 112 cm³/mol. The number of methoxy groups -OCH3 is 1. The molecule has 3 rings (SSSR count). The lowest BCUT2D eigenvalue weighted by atomic mass is 10.1. The van der Waals surface area contributed by atoms with E-state index in [0.29, 0.717) is 25.8 Å². The monoisotopic (exact) mass is 400 g/mol. The number of benzene rings is 1. The first kappa shape index (κ1) is 20.4. The maximum Gasteiger partial charge on any atom is 0.245 e. The van der Waals surface area contributed by atoms with Gasteiger partial charge < -0.3 is 15.0 Å². The topological polar surface area (TPSA) is 58.6 Å². The van der Waals surface area contributed by atoms with Crippen molar-refractivity contribution < 1.29 is 14.3 Å². The van der Waals surface area contributed by atoms with Crippen LogP contribution in [0, 0.1) is 0 Å². The molecule has 1 unspecified atom stereocenters. The van der Waals surface area contributed by atoms with Gasteiger partial charge in [0.15, 0.2) is 0 Å². The molecule has 1 aromatic heterocycles. The Labute approximate surface area is 170 Å². The van der Waals surface area contributed by atoms with Crippen molar-refractivity contribution in [2.75, 3.05) is 13.7 Å². The first-order valence-electron chi connectivity index (χ1n) is 9.87. The number of aryl methyl sites for hydroxylation is 1. The molecular formula is C22H28N2O3S. The maximum atomic E-state index is 13.0. The van der Waals surface area contributed by atoms with E-state index in [0.717, 1.165) is 30.7 Å². The SMILES string of the molecule is CCCC(NC(=O)CCc1cccc(OC)c1)C(=O)N1CCc2sccc2C1. The molecule has 2 heterocycles. The highest BCUT2D eigenvalue weighted by atomic mass is 32.1. The average molecular weight is 401 g/mol. The van der Waals surface area contributed by atoms with Gasteiger partial charge >= 0.3 is 0 Å². The van der Waals surface area contributed by atoms with Gasteiger partial charge in [0.1, 0.15) is 11.8 Å². The molecule has 1 aromatic carbocycles. The summed E-state index contributed by atoms with van der Waals surface area (Å²) in [6, 6.07) is 9.39. The molecule has 0 radical (unpaired) electrons. The van der Waals surface area contributed by atoms with E-state index in [1.54, 1.807) is 18.4 Å². The molecule has 0 aliphatic carbocycles. The van der Waals surface area contributed by atoms with E-state index < -0.39 is 6.04 Å². The van der Waals surface area contributed by atoms with E-state index in [1.165, 1.54) is 10.4 Å². The Balaban J connectivity index is 1.56. The zero-order valence-corrected chi connectivity index (χ0v) is 17.4. The minimum Gasteiger partial charge on any atom is -0.497 e. The minimum absolute atomic E-state index is 0.0356. The third kappa shape index (κ3) is 5.13. The minimum atomic E-state index is -0.442. The van der Waals surface area contributed by atoms with E-state index in [2.05, 4.69) is 16.8 Å². The highest BCUT2D eigenvalue weighted by Crippen LogP contribution is 2.24. The van der Waals surface area contributed by atoms with Gasteiger partial charge in [-0.15, -0.1) is 11.3 Å². The summed E-state index contributed by atoms with van der Waals surface area (Å²) in [5, 5.41) is 5.06. The molecule has 2 amide bonds. The lowest BCUT2D eigenvalue weighted by Crippen LogP contribution is -2.49. The molecule has 1 aliphatic rings. The van der Waals surface area contributed by atoms with Crippen LogP contribution in [-0.4, -0.2) is 36.4 Å². The Hall–Kier alpha value is -2.34. The quantitative estimate of drug-likeness (QED) is 0.737. The largest absolute Gasteiger partial charge is 0.497 e. The van der Waals surface area contributed by atoms with Gasteiger partial charge in [-0.3, -0.25) is 9.59 Å². The zero-order valence-electron chi connectivity index (χ0n) is 16.6. The van der Waals surface area contributed by atoms with E-state index in [1.807, 2.05) is 36.1 Å². The van der Waals surface area contributed by atoms with E-state index >= 15 is 0 Å². The molecule has 5 nitrogen and oxygen atoms in total. The van der Waals surface area contributed by atoms with Crippen LogP contribution < -0.4 is 10.1 Å². The molecule has 1 N–H and O–H groups in total. The van der Waals surface area contributed by atoms with Gasteiger partial charge in [-0.25, -0.2) is 0 Å². The molecule has 0 spiro atoms. The van der Waals surface area contributed by atoms with Gasteiger partial charge in [-0.05, 0) is 54.0 Å². The predicted octanol–water partition coefficient (Wildman–Crippen LogP) is 3.56. The summed E-state index contributed by atoms with van der Waals surface area (Å²) in [6.07, 6.45) is 3.40. The first-order valence-corrected chi connectivity index (χ1v) is 10.7. The summed E-state index contributed by atoms with van der Waals surface area (Å²) in [5.41, 5.74) is 2.29. The van der Waals surface area contributed by atoms with Crippen molar-refractivity contribution in [3.63, 3.8) is 0 Å². The fourth-order valence-electron chi connectivity index (χ4n) is 3.56. The molecule has 6 heteroatoms. The molecule has 0 bridgehead atoms. The third-order valence-electron chi connectivity index (χ3n) is 5.10. The molecule has 150 valence electrons. The molecule has 28 heavy (non-hydrogen) atoms. The number of fused-ring (bicyclic) bond motifs is 1. The van der Waals surface area contributed by atoms with Crippen LogP contribution in [0.2, 0.25) is 0 Å². The summed E-state index contributed by atoms with van der Waals surface area (Å²) >= 11 is 1.76. The smallest absolute Gasteiger partial charge is 0.245 e. The van der Waals surface area contributed by atoms with Crippen molar-refractivity contribution in [3.05, 3.63) is 51.7 Å². The number of thiophene rings is 1. The van der Waals surface area contributed by atoms with Crippen molar-refractivity contribution in [2.24, 2.45) is 0 Å². The van der Waals surface area contributed by atoms with Crippen LogP contribution in [-0.2, 0) is 29.0 Å². The van der Waals surface area contributed by atoms with Gasteiger partial charge in [0.2, 0.25) is 11.8 Å². The molecule has 1 aliphatic heterocycles. The number of amides is 2. The number of rotatable bonds is 8. The Morgan fingerprint density at radius 1 is 1.32 bits per heavy atom. The maximum absolute atomic E-state index is 13.0. The highest BCUT2D eigenvalue weighted by molar-refractivity contribution is 7.10. The number of hydrogen-bond donors (Lipinski definition) is 1. The lowest BCUT2D eigenvalue weighted by molar-refractivity contribution is -0.137. The number of carbonyl (C=O) groups is 2. The van der Waals surface area contributed by atoms with Crippen molar-refractivity contribution in [1.82, 2.24) is 10.2 Å². The van der Waals surface area contributed by atoms with Crippen molar-refractivity contribution in [2.45, 2.75) is 51.6 Å². The summed E-state index contributed by atoms with van der Waals surface area (Å²) in [6.45, 7) is 3.42. The van der Waals surface area contributed by atoms with Crippen LogP contribution >= 0.6 is 11.3 Å². The number of nitrogens with zero attached hydrogens (tertiary/aromatic N) is 1. The lowest BCUT2D eigenvalue weighted by Gasteiger charge is -2.31. The van der Waals surface area contributed by atoms with Crippen molar-refractivity contribution in [3.8, 4) is 5.75 Å². The standard InChI is InChI=1S/C22H28N2O3S/c1-3-5-19(22(26)24-12-10-20-17(15-24)11-13-28-20)23-21(25)9-8-16-6-4-7-18(14-16)27-2/h4,6-7,11,13-14,19H,3,5,8-10,12,15H2,1-2H3,(H,23,25). The zero-order chi connectivity index (χ0) is 19.9. The van der Waals surface area contributed by atoms with Gasteiger partial charge in [0.25, 0.3) is 0 Å². The molecular weight excluding hydrogens is 372 g/mol. The van der Waals surface area contributed by atoms with E-state index in [-0.39, 0.29) is 11.8 Å². The molecule has 2 aromatic rings. The summed E-state index contributed by atoms with van der Waals surface area (Å²) in [4.78, 5) is 28.8. The van der Waals surface area contributed by atoms with Crippen LogP contribution in [0.3, 0.4) is 0 Å². The summed E-state index contributed by atoms with van der Waals surface area (Å²) in [7, 11) is 1.63. The Morgan fingerprint density at radius 2 is 2.18 bits per heavy atom. The number of nitrogens with one attached hydrogen (secondary N) is 1. The molecule has 1 atom stereocenters. The molecule has 0 saturated carbocycles. The normalized spacial score (nSPS) is 14.3. The Kier molecular flexibility index (Phi) is 7.09. The third-order valence-corrected chi connectivity index (χ3v) is 6.13. The van der Waals surface area contributed by atoms with Crippen LogP contribution in [0.4, 0.5) is 0 Å². The highest BCUT2D eigenvalue weighted by Gasteiger charge is 2.28. The second-order valence-electron chi connectivity index (χ2n) is 7.14. The second kappa shape index (κ2) is 9.73. The van der Waals surface area contributed by atoms with Gasteiger partial charge in [-0.2, -0.15) is 0 Å². The van der Waals surface area contributed by atoms with Gasteiger partial charge in [-0.1, -0.05) is 25.5 Å². The van der Waals surface area contributed by atoms with Crippen LogP contribution in [0.15, 0.2) is 35.7 Å². The Morgan fingerprint density at radius 3 is 2.96 bits per heavy atom. The number of carbonyl (C=O) groups excluding carboxylic acids is 2. The average Bonchev–Trinajstić information content (AvgIpc) is 3.19. The van der Waals surface area contributed by atoms with Crippen LogP contribution in [0.1, 0.15) is 42.2 Å². The molecule has 0 fully saturated rings. The fraction of sp³-hybridized carbons (Fsp3) is 0.455. The summed E-state index contributed by atoms with van der Waals surface area (Å²) < 4.78 is 5.23. The van der Waals surface area contributed by atoms with Gasteiger partial charge in [0.05, 0.1) is 7.11 Å². The van der Waals surface area contributed by atoms with Crippen molar-refractivity contribution in [1.29, 1.82) is 0 Å². The number of hydrogen-bond acceptors (Lipinski definition) is 4. The van der Waals surface area contributed by atoms with Crippen LogP contribution in [0.5, 0.6) is 5.75 Å². The van der Waals surface area contributed by atoms with E-state index in [9.17, 15) is 9.59 Å². The summed E-state index contributed by atoms with van der Waals surface area (Å²) in [5.74, 6) is 0.742. The second-order valence-corrected chi connectivity index (χ2v) is 8.14. The van der Waals surface area contributed by atoms with Gasteiger partial charge in [0, 0.05) is 24.4 Å². The van der Waals surface area contributed by atoms with Crippen LogP contribution in [0.25, 0.3) is 0 Å². The van der Waals surface area contributed by atoms with E-state index in [4.69, 9.17) is 4.74 Å². The fourth-order valence-corrected chi connectivity index (χ4v) is 4.45. The first-order chi connectivity index (χ1) is 13.6. The number of ether oxygens (including phenoxy) is 1. The Bertz CT molecular complexity index is 818.